The Morgan fingerprint density at radius 1 is 1.00 bits per heavy atom. The number of para-hydroxylation sites is 1. The van der Waals surface area contributed by atoms with Gasteiger partial charge in [0.1, 0.15) is 12.4 Å². The summed E-state index contributed by atoms with van der Waals surface area (Å²) in [5, 5.41) is 7.21. The zero-order valence-corrected chi connectivity index (χ0v) is 17.2. The van der Waals surface area contributed by atoms with Gasteiger partial charge in [-0.15, -0.1) is 11.3 Å². The molecule has 0 saturated carbocycles. The highest BCUT2D eigenvalue weighted by Gasteiger charge is 2.34. The number of hydrogen-bond acceptors (Lipinski definition) is 4. The predicted molar refractivity (Wildman–Crippen MR) is 113 cm³/mol. The smallest absolute Gasteiger partial charge is 0.419 e. The SMILES string of the molecule is C[C@H](COc1ccccc1C(F)(F)F)NC(=O)c1ccc(NC(=O)c2cccs2)cc1. The Balaban J connectivity index is 1.54. The second-order valence-corrected chi connectivity index (χ2v) is 7.64. The lowest BCUT2D eigenvalue weighted by atomic mass is 10.1. The van der Waals surface area contributed by atoms with Gasteiger partial charge >= 0.3 is 6.18 Å². The molecule has 0 spiro atoms. The molecule has 5 nitrogen and oxygen atoms in total. The highest BCUT2D eigenvalue weighted by Crippen LogP contribution is 2.35. The Morgan fingerprint density at radius 3 is 2.35 bits per heavy atom. The molecule has 0 fully saturated rings. The Labute approximate surface area is 180 Å². The zero-order chi connectivity index (χ0) is 22.4. The molecular formula is C22H19F3N2O3S. The van der Waals surface area contributed by atoms with Crippen molar-refractivity contribution in [1.82, 2.24) is 5.32 Å². The summed E-state index contributed by atoms with van der Waals surface area (Å²) in [5.74, 6) is -0.935. The molecule has 31 heavy (non-hydrogen) atoms. The van der Waals surface area contributed by atoms with Crippen LogP contribution in [-0.2, 0) is 6.18 Å². The fourth-order valence-electron chi connectivity index (χ4n) is 2.70. The van der Waals surface area contributed by atoms with E-state index in [1.807, 2.05) is 0 Å². The second-order valence-electron chi connectivity index (χ2n) is 6.69. The summed E-state index contributed by atoms with van der Waals surface area (Å²) < 4.78 is 44.3. The lowest BCUT2D eigenvalue weighted by molar-refractivity contribution is -0.139. The van der Waals surface area contributed by atoms with Crippen molar-refractivity contribution in [2.75, 3.05) is 11.9 Å². The molecule has 2 N–H and O–H groups in total. The van der Waals surface area contributed by atoms with Gasteiger partial charge in [-0.1, -0.05) is 18.2 Å². The Kier molecular flexibility index (Phi) is 6.96. The number of amides is 2. The molecule has 0 radical (unpaired) electrons. The third kappa shape index (κ3) is 6.08. The van der Waals surface area contributed by atoms with Crippen LogP contribution >= 0.6 is 11.3 Å². The molecular weight excluding hydrogens is 429 g/mol. The molecule has 9 heteroatoms. The lowest BCUT2D eigenvalue weighted by Crippen LogP contribution is -2.36. The molecule has 0 aliphatic rings. The molecule has 0 aliphatic heterocycles. The monoisotopic (exact) mass is 448 g/mol. The van der Waals surface area contributed by atoms with Crippen LogP contribution in [0.4, 0.5) is 18.9 Å². The fraction of sp³-hybridized carbons (Fsp3) is 0.182. The van der Waals surface area contributed by atoms with Crippen LogP contribution in [0.2, 0.25) is 0 Å². The Morgan fingerprint density at radius 2 is 1.71 bits per heavy atom. The van der Waals surface area contributed by atoms with Gasteiger partial charge in [-0.2, -0.15) is 13.2 Å². The third-order valence-electron chi connectivity index (χ3n) is 4.21. The third-order valence-corrected chi connectivity index (χ3v) is 5.08. The van der Waals surface area contributed by atoms with Gasteiger partial charge in [0.2, 0.25) is 0 Å². The number of nitrogens with one attached hydrogen (secondary N) is 2. The first-order valence-corrected chi connectivity index (χ1v) is 10.2. The van der Waals surface area contributed by atoms with Crippen LogP contribution in [-0.4, -0.2) is 24.5 Å². The highest BCUT2D eigenvalue weighted by molar-refractivity contribution is 7.12. The minimum atomic E-state index is -4.52. The predicted octanol–water partition coefficient (Wildman–Crippen LogP) is 5.22. The lowest BCUT2D eigenvalue weighted by Gasteiger charge is -2.18. The second kappa shape index (κ2) is 9.65. The maximum atomic E-state index is 13.0. The van der Waals surface area contributed by atoms with E-state index in [9.17, 15) is 22.8 Å². The van der Waals surface area contributed by atoms with E-state index in [2.05, 4.69) is 10.6 Å². The van der Waals surface area contributed by atoms with Crippen LogP contribution in [0.25, 0.3) is 0 Å². The van der Waals surface area contributed by atoms with E-state index >= 15 is 0 Å². The number of rotatable bonds is 7. The largest absolute Gasteiger partial charge is 0.491 e. The molecule has 3 rings (SSSR count). The normalized spacial score (nSPS) is 12.1. The van der Waals surface area contributed by atoms with Gasteiger partial charge in [0, 0.05) is 11.3 Å². The minimum Gasteiger partial charge on any atom is -0.491 e. The van der Waals surface area contributed by atoms with Gasteiger partial charge in [-0.3, -0.25) is 9.59 Å². The van der Waals surface area contributed by atoms with Crippen LogP contribution in [0.5, 0.6) is 5.75 Å². The first kappa shape index (κ1) is 22.4. The number of hydrogen-bond donors (Lipinski definition) is 2. The van der Waals surface area contributed by atoms with E-state index in [1.54, 1.807) is 48.7 Å². The number of benzene rings is 2. The number of carbonyl (C=O) groups excluding carboxylic acids is 2. The average Bonchev–Trinajstić information content (AvgIpc) is 3.27. The number of anilines is 1. The van der Waals surface area contributed by atoms with Crippen LogP contribution in [0.3, 0.4) is 0 Å². The van der Waals surface area contributed by atoms with E-state index in [0.29, 0.717) is 16.1 Å². The minimum absolute atomic E-state index is 0.131. The van der Waals surface area contributed by atoms with Crippen molar-refractivity contribution in [1.29, 1.82) is 0 Å². The van der Waals surface area contributed by atoms with Crippen molar-refractivity contribution in [2.45, 2.75) is 19.1 Å². The van der Waals surface area contributed by atoms with Gasteiger partial charge in [0.25, 0.3) is 11.8 Å². The van der Waals surface area contributed by atoms with Crippen LogP contribution in [0.15, 0.2) is 66.0 Å². The highest BCUT2D eigenvalue weighted by atomic mass is 32.1. The summed E-state index contributed by atoms with van der Waals surface area (Å²) in [6.07, 6.45) is -4.52. The Bertz CT molecular complexity index is 1030. The molecule has 0 aliphatic carbocycles. The van der Waals surface area contributed by atoms with Gasteiger partial charge in [0.05, 0.1) is 16.5 Å². The summed E-state index contributed by atoms with van der Waals surface area (Å²) in [6, 6.07) is 14.2. The first-order valence-electron chi connectivity index (χ1n) is 9.29. The summed E-state index contributed by atoms with van der Waals surface area (Å²) in [4.78, 5) is 25.0. The quantitative estimate of drug-likeness (QED) is 0.521. The van der Waals surface area contributed by atoms with E-state index < -0.39 is 23.7 Å². The number of ether oxygens (including phenoxy) is 1. The van der Waals surface area contributed by atoms with E-state index in [1.165, 1.54) is 29.5 Å². The van der Waals surface area contributed by atoms with Gasteiger partial charge in [0.15, 0.2) is 0 Å². The Hall–Kier alpha value is -3.33. The van der Waals surface area contributed by atoms with E-state index in [0.717, 1.165) is 6.07 Å². The maximum absolute atomic E-state index is 13.0. The van der Waals surface area contributed by atoms with Crippen LogP contribution < -0.4 is 15.4 Å². The average molecular weight is 448 g/mol. The van der Waals surface area contributed by atoms with Gasteiger partial charge in [-0.25, -0.2) is 0 Å². The van der Waals surface area contributed by atoms with Crippen LogP contribution in [0, 0.1) is 0 Å². The standard InChI is InChI=1S/C22H19F3N2O3S/c1-14(13-30-18-6-3-2-5-17(18)22(23,24)25)26-20(28)15-8-10-16(11-9-15)27-21(29)19-7-4-12-31-19/h2-12,14H,13H2,1H3,(H,26,28)(H,27,29)/t14-/m1/s1. The topological polar surface area (TPSA) is 67.4 Å². The number of halogens is 3. The van der Waals surface area contributed by atoms with E-state index in [-0.39, 0.29) is 18.3 Å². The first-order chi connectivity index (χ1) is 14.7. The summed E-state index contributed by atoms with van der Waals surface area (Å²) in [5.41, 5.74) is 0.0143. The fourth-order valence-corrected chi connectivity index (χ4v) is 3.31. The molecule has 0 saturated heterocycles. The molecule has 162 valence electrons. The molecule has 3 aromatic rings. The summed E-state index contributed by atoms with van der Waals surface area (Å²) in [6.45, 7) is 1.50. The molecule has 1 aromatic heterocycles. The van der Waals surface area contributed by atoms with Crippen LogP contribution in [0.1, 0.15) is 32.5 Å². The number of alkyl halides is 3. The number of thiophene rings is 1. The van der Waals surface area contributed by atoms with Gasteiger partial charge in [-0.05, 0) is 54.8 Å². The van der Waals surface area contributed by atoms with Crippen molar-refractivity contribution >= 4 is 28.8 Å². The molecule has 2 aromatic carbocycles. The summed E-state index contributed by atoms with van der Waals surface area (Å²) in [7, 11) is 0. The molecule has 2 amide bonds. The molecule has 0 bridgehead atoms. The van der Waals surface area contributed by atoms with Crippen molar-refractivity contribution in [3.63, 3.8) is 0 Å². The van der Waals surface area contributed by atoms with Gasteiger partial charge < -0.3 is 15.4 Å². The summed E-state index contributed by atoms with van der Waals surface area (Å²) >= 11 is 1.32. The number of carbonyl (C=O) groups is 2. The maximum Gasteiger partial charge on any atom is 0.419 e. The zero-order valence-electron chi connectivity index (χ0n) is 16.4. The van der Waals surface area contributed by atoms with Crippen molar-refractivity contribution in [2.24, 2.45) is 0 Å². The van der Waals surface area contributed by atoms with Crippen molar-refractivity contribution in [3.05, 3.63) is 82.0 Å². The molecule has 0 unspecified atom stereocenters. The molecule has 1 atom stereocenters. The van der Waals surface area contributed by atoms with Crippen molar-refractivity contribution in [3.8, 4) is 5.75 Å². The van der Waals surface area contributed by atoms with Crippen molar-refractivity contribution < 1.29 is 27.5 Å². The molecule has 1 heterocycles. The van der Waals surface area contributed by atoms with E-state index in [4.69, 9.17) is 4.74 Å².